The topological polar surface area (TPSA) is 91.0 Å². The van der Waals surface area contributed by atoms with E-state index in [2.05, 4.69) is 4.98 Å². The molecule has 152 valence electrons. The number of ether oxygens (including phenoxy) is 3. The third kappa shape index (κ3) is 3.77. The van der Waals surface area contributed by atoms with Crippen LogP contribution in [0.1, 0.15) is 11.7 Å². The minimum absolute atomic E-state index is 0.303. The molecule has 0 spiro atoms. The molecule has 0 amide bonds. The lowest BCUT2D eigenvalue weighted by molar-refractivity contribution is -0.145. The molecular formula is C23H19NO6. The summed E-state index contributed by atoms with van der Waals surface area (Å²) in [5.74, 6) is 0.573. The normalized spacial score (nSPS) is 11.8. The fourth-order valence-electron chi connectivity index (χ4n) is 3.09. The maximum atomic E-state index is 12.0. The molecule has 0 aliphatic heterocycles. The number of fused-ring (bicyclic) bond motifs is 1. The number of hydrogen-bond acceptors (Lipinski definition) is 6. The molecule has 0 saturated carbocycles. The lowest BCUT2D eigenvalue weighted by Gasteiger charge is -2.18. The molecule has 7 heteroatoms. The van der Waals surface area contributed by atoms with Crippen molar-refractivity contribution < 1.29 is 28.5 Å². The number of nitrogens with zero attached hydrogens (tertiary/aromatic N) is 1. The van der Waals surface area contributed by atoms with Gasteiger partial charge in [0.2, 0.25) is 12.0 Å². The van der Waals surface area contributed by atoms with Crippen LogP contribution in [0.4, 0.5) is 0 Å². The van der Waals surface area contributed by atoms with E-state index in [0.717, 1.165) is 0 Å². The highest BCUT2D eigenvalue weighted by molar-refractivity contribution is 5.79. The summed E-state index contributed by atoms with van der Waals surface area (Å²) in [5.41, 5.74) is 2.23. The lowest BCUT2D eigenvalue weighted by Crippen LogP contribution is -2.18. The predicted octanol–water partition coefficient (Wildman–Crippen LogP) is 4.72. The van der Waals surface area contributed by atoms with Crippen molar-refractivity contribution in [2.75, 3.05) is 14.2 Å². The van der Waals surface area contributed by atoms with Crippen molar-refractivity contribution in [3.63, 3.8) is 0 Å². The van der Waals surface area contributed by atoms with Gasteiger partial charge in [0.1, 0.15) is 22.8 Å². The Morgan fingerprint density at radius 1 is 0.967 bits per heavy atom. The molecule has 0 aliphatic rings. The average Bonchev–Trinajstić information content (AvgIpc) is 3.21. The zero-order chi connectivity index (χ0) is 21.1. The van der Waals surface area contributed by atoms with E-state index in [4.69, 9.17) is 18.6 Å². The zero-order valence-corrected chi connectivity index (χ0v) is 16.4. The number of carboxylic acid groups (broad SMARTS) is 1. The Labute approximate surface area is 172 Å². The Kier molecular flexibility index (Phi) is 5.26. The van der Waals surface area contributed by atoms with Gasteiger partial charge >= 0.3 is 5.97 Å². The van der Waals surface area contributed by atoms with Crippen LogP contribution in [0, 0.1) is 0 Å². The van der Waals surface area contributed by atoms with Crippen LogP contribution in [0.3, 0.4) is 0 Å². The number of rotatable bonds is 7. The van der Waals surface area contributed by atoms with E-state index in [1.807, 2.05) is 24.3 Å². The molecule has 1 aromatic heterocycles. The van der Waals surface area contributed by atoms with Crippen LogP contribution in [0.5, 0.6) is 17.2 Å². The van der Waals surface area contributed by atoms with E-state index in [-0.39, 0.29) is 0 Å². The van der Waals surface area contributed by atoms with Crippen LogP contribution in [0.15, 0.2) is 71.1 Å². The largest absolute Gasteiger partial charge is 0.497 e. The van der Waals surface area contributed by atoms with Crippen molar-refractivity contribution in [1.82, 2.24) is 4.98 Å². The first-order valence-electron chi connectivity index (χ1n) is 9.16. The van der Waals surface area contributed by atoms with Crippen molar-refractivity contribution in [2.45, 2.75) is 6.10 Å². The van der Waals surface area contributed by atoms with Gasteiger partial charge in [-0.3, -0.25) is 0 Å². The van der Waals surface area contributed by atoms with Gasteiger partial charge in [-0.05, 0) is 42.5 Å². The highest BCUT2D eigenvalue weighted by Crippen LogP contribution is 2.37. The number of methoxy groups -OCH3 is 2. The fraction of sp³-hybridized carbons (Fsp3) is 0.130. The molecule has 1 N–H and O–H groups in total. The van der Waals surface area contributed by atoms with E-state index in [9.17, 15) is 9.90 Å². The third-order valence-corrected chi connectivity index (χ3v) is 4.58. The molecule has 0 aliphatic carbocycles. The van der Waals surface area contributed by atoms with Crippen molar-refractivity contribution in [2.24, 2.45) is 0 Å². The smallest absolute Gasteiger partial charge is 0.349 e. The molecule has 4 rings (SSSR count). The number of carboxylic acids is 1. The Hall–Kier alpha value is -4.00. The summed E-state index contributed by atoms with van der Waals surface area (Å²) in [6, 6.07) is 19.1. The van der Waals surface area contributed by atoms with E-state index in [1.165, 1.54) is 7.11 Å². The van der Waals surface area contributed by atoms with Gasteiger partial charge in [0, 0.05) is 5.56 Å². The van der Waals surface area contributed by atoms with Gasteiger partial charge in [-0.25, -0.2) is 9.78 Å². The molecule has 4 aromatic rings. The van der Waals surface area contributed by atoms with Gasteiger partial charge < -0.3 is 23.7 Å². The average molecular weight is 405 g/mol. The number of benzene rings is 3. The second-order valence-corrected chi connectivity index (χ2v) is 6.46. The first-order chi connectivity index (χ1) is 14.6. The second kappa shape index (κ2) is 8.16. The summed E-state index contributed by atoms with van der Waals surface area (Å²) < 4.78 is 22.3. The molecule has 0 saturated heterocycles. The van der Waals surface area contributed by atoms with E-state index in [0.29, 0.717) is 45.4 Å². The maximum absolute atomic E-state index is 12.0. The Bertz CT molecular complexity index is 1170. The van der Waals surface area contributed by atoms with Crippen molar-refractivity contribution in [3.05, 3.63) is 72.3 Å². The number of para-hydroxylation sites is 2. The molecule has 0 radical (unpaired) electrons. The molecule has 1 heterocycles. The second-order valence-electron chi connectivity index (χ2n) is 6.46. The Morgan fingerprint density at radius 2 is 1.73 bits per heavy atom. The number of aliphatic carboxylic acids is 1. The van der Waals surface area contributed by atoms with Gasteiger partial charge in [0.05, 0.1) is 19.8 Å². The molecular weight excluding hydrogens is 386 g/mol. The maximum Gasteiger partial charge on any atom is 0.349 e. The molecule has 0 fully saturated rings. The summed E-state index contributed by atoms with van der Waals surface area (Å²) in [6.45, 7) is 0. The molecule has 7 nitrogen and oxygen atoms in total. The van der Waals surface area contributed by atoms with Crippen molar-refractivity contribution in [3.8, 4) is 28.7 Å². The van der Waals surface area contributed by atoms with Crippen molar-refractivity contribution in [1.29, 1.82) is 0 Å². The summed E-state index contributed by atoms with van der Waals surface area (Å²) in [4.78, 5) is 16.5. The number of carbonyl (C=O) groups is 1. The first kappa shape index (κ1) is 19.3. The van der Waals surface area contributed by atoms with Crippen LogP contribution in [0.2, 0.25) is 0 Å². The van der Waals surface area contributed by atoms with Crippen molar-refractivity contribution >= 4 is 17.1 Å². The number of hydrogen-bond donors (Lipinski definition) is 1. The van der Waals surface area contributed by atoms with Crippen LogP contribution in [-0.2, 0) is 4.79 Å². The van der Waals surface area contributed by atoms with Gasteiger partial charge in [-0.15, -0.1) is 0 Å². The lowest BCUT2D eigenvalue weighted by atomic mass is 10.1. The SMILES string of the molecule is COc1cccc(C(Oc2ccc(OC)cc2-c2nc3ccccc3o2)C(=O)O)c1. The Balaban J connectivity index is 1.78. The third-order valence-electron chi connectivity index (χ3n) is 4.58. The fourth-order valence-corrected chi connectivity index (χ4v) is 3.09. The predicted molar refractivity (Wildman–Crippen MR) is 110 cm³/mol. The first-order valence-corrected chi connectivity index (χ1v) is 9.16. The van der Waals surface area contributed by atoms with Crippen LogP contribution >= 0.6 is 0 Å². The quantitative estimate of drug-likeness (QED) is 0.476. The number of aromatic nitrogens is 1. The van der Waals surface area contributed by atoms with E-state index in [1.54, 1.807) is 49.6 Å². The molecule has 30 heavy (non-hydrogen) atoms. The zero-order valence-electron chi connectivity index (χ0n) is 16.4. The van der Waals surface area contributed by atoms with E-state index < -0.39 is 12.1 Å². The monoisotopic (exact) mass is 405 g/mol. The summed E-state index contributed by atoms with van der Waals surface area (Å²) in [7, 11) is 3.06. The highest BCUT2D eigenvalue weighted by Gasteiger charge is 2.25. The minimum atomic E-state index is -1.25. The van der Waals surface area contributed by atoms with Crippen LogP contribution in [-0.4, -0.2) is 30.3 Å². The van der Waals surface area contributed by atoms with E-state index >= 15 is 0 Å². The van der Waals surface area contributed by atoms with Gasteiger partial charge in [-0.2, -0.15) is 0 Å². The molecule has 1 atom stereocenters. The van der Waals surface area contributed by atoms with Gasteiger partial charge in [-0.1, -0.05) is 24.3 Å². The minimum Gasteiger partial charge on any atom is -0.497 e. The standard InChI is InChI=1S/C23H19NO6/c1-27-15-7-5-6-14(12-15)21(23(25)26)29-19-11-10-16(28-2)13-17(19)22-24-18-8-3-4-9-20(18)30-22/h3-13,21H,1-2H3,(H,25,26). The molecule has 1 unspecified atom stereocenters. The number of oxazole rings is 1. The molecule has 3 aromatic carbocycles. The van der Waals surface area contributed by atoms with Gasteiger partial charge in [0.15, 0.2) is 5.58 Å². The van der Waals surface area contributed by atoms with Gasteiger partial charge in [0.25, 0.3) is 0 Å². The molecule has 0 bridgehead atoms. The van der Waals surface area contributed by atoms with Crippen LogP contribution < -0.4 is 14.2 Å². The summed E-state index contributed by atoms with van der Waals surface area (Å²) in [6.07, 6.45) is -1.25. The van der Waals surface area contributed by atoms with Crippen LogP contribution in [0.25, 0.3) is 22.6 Å². The highest BCUT2D eigenvalue weighted by atomic mass is 16.5. The Morgan fingerprint density at radius 3 is 2.47 bits per heavy atom. The summed E-state index contributed by atoms with van der Waals surface area (Å²) in [5, 5.41) is 9.80. The summed E-state index contributed by atoms with van der Waals surface area (Å²) >= 11 is 0.